The molecule has 0 aliphatic carbocycles. The molecule has 176 valence electrons. The van der Waals surface area contributed by atoms with Crippen molar-refractivity contribution in [2.45, 2.75) is 66.5 Å². The highest BCUT2D eigenvalue weighted by molar-refractivity contribution is 5.78. The molecular formula is C27H36N4O2. The summed E-state index contributed by atoms with van der Waals surface area (Å²) in [4.78, 5) is 33.9. The van der Waals surface area contributed by atoms with Crippen LogP contribution in [0.5, 0.6) is 0 Å². The second-order valence-corrected chi connectivity index (χ2v) is 10.1. The Morgan fingerprint density at radius 1 is 1.12 bits per heavy atom. The lowest BCUT2D eigenvalue weighted by Gasteiger charge is -2.35. The fraction of sp³-hybridized carbons (Fsp3) is 0.444. The third kappa shape index (κ3) is 5.62. The number of hydrogen-bond acceptors (Lipinski definition) is 3. The number of amides is 2. The fourth-order valence-corrected chi connectivity index (χ4v) is 4.07. The van der Waals surface area contributed by atoms with Crippen LogP contribution >= 0.6 is 0 Å². The van der Waals surface area contributed by atoms with Crippen LogP contribution in [0, 0.1) is 12.8 Å². The third-order valence-corrected chi connectivity index (χ3v) is 5.43. The lowest BCUT2D eigenvalue weighted by atomic mass is 10.1. The van der Waals surface area contributed by atoms with Gasteiger partial charge in [0.25, 0.3) is 5.56 Å². The van der Waals surface area contributed by atoms with E-state index in [0.717, 1.165) is 11.3 Å². The Kier molecular flexibility index (Phi) is 7.25. The van der Waals surface area contributed by atoms with Gasteiger partial charge in [-0.3, -0.25) is 9.36 Å². The first-order valence-electron chi connectivity index (χ1n) is 11.7. The van der Waals surface area contributed by atoms with E-state index in [1.54, 1.807) is 10.6 Å². The van der Waals surface area contributed by atoms with Crippen molar-refractivity contribution >= 4 is 16.9 Å². The highest BCUT2D eigenvalue weighted by Gasteiger charge is 2.31. The summed E-state index contributed by atoms with van der Waals surface area (Å²) in [6, 6.07) is 14.7. The minimum absolute atomic E-state index is 0.125. The van der Waals surface area contributed by atoms with Crippen molar-refractivity contribution in [3.8, 4) is 5.69 Å². The van der Waals surface area contributed by atoms with E-state index in [9.17, 15) is 9.59 Å². The zero-order valence-electron chi connectivity index (χ0n) is 20.8. The summed E-state index contributed by atoms with van der Waals surface area (Å²) in [6.07, 6.45) is 0.626. The van der Waals surface area contributed by atoms with Crippen molar-refractivity contribution in [2.24, 2.45) is 5.92 Å². The molecule has 1 heterocycles. The Hall–Kier alpha value is -3.15. The number of urea groups is 1. The molecule has 0 fully saturated rings. The van der Waals surface area contributed by atoms with Gasteiger partial charge in [-0.2, -0.15) is 0 Å². The Labute approximate surface area is 196 Å². The largest absolute Gasteiger partial charge is 0.333 e. The molecule has 0 radical (unpaired) electrons. The second-order valence-electron chi connectivity index (χ2n) is 10.1. The quantitative estimate of drug-likeness (QED) is 0.533. The molecule has 3 rings (SSSR count). The van der Waals surface area contributed by atoms with Crippen molar-refractivity contribution in [3.05, 3.63) is 70.3 Å². The molecule has 1 unspecified atom stereocenters. The summed E-state index contributed by atoms with van der Waals surface area (Å²) >= 11 is 0. The van der Waals surface area contributed by atoms with E-state index in [0.29, 0.717) is 29.7 Å². The van der Waals surface area contributed by atoms with Gasteiger partial charge in [0, 0.05) is 12.1 Å². The van der Waals surface area contributed by atoms with Gasteiger partial charge in [-0.05, 0) is 69.9 Å². The molecule has 0 aliphatic heterocycles. The van der Waals surface area contributed by atoms with Crippen LogP contribution in [0.1, 0.15) is 65.4 Å². The topological polar surface area (TPSA) is 67.2 Å². The van der Waals surface area contributed by atoms with Crippen LogP contribution in [0.3, 0.4) is 0 Å². The summed E-state index contributed by atoms with van der Waals surface area (Å²) < 4.78 is 1.68. The number of benzene rings is 2. The van der Waals surface area contributed by atoms with Crippen LogP contribution in [0.2, 0.25) is 0 Å². The number of nitrogens with one attached hydrogen (secondary N) is 1. The highest BCUT2D eigenvalue weighted by Crippen LogP contribution is 2.27. The molecule has 2 amide bonds. The van der Waals surface area contributed by atoms with Crippen molar-refractivity contribution in [3.63, 3.8) is 0 Å². The molecule has 0 bridgehead atoms. The maximum Gasteiger partial charge on any atom is 0.318 e. The molecule has 0 saturated carbocycles. The molecule has 6 heteroatoms. The van der Waals surface area contributed by atoms with E-state index in [-0.39, 0.29) is 29.1 Å². The maximum absolute atomic E-state index is 13.7. The molecule has 0 aliphatic rings. The standard InChI is InChI=1S/C27H36N4O2/c1-8-23(30(17-18(2)3)26(33)29-27(5,6)7)24-28-22-15-10-9-14-21(22)25(32)31(24)20-13-11-12-19(4)16-20/h9-16,18,23H,8,17H2,1-7H3,(H,29,33). The first-order chi connectivity index (χ1) is 15.5. The summed E-state index contributed by atoms with van der Waals surface area (Å²) in [5, 5.41) is 3.66. The average Bonchev–Trinajstić information content (AvgIpc) is 2.72. The summed E-state index contributed by atoms with van der Waals surface area (Å²) in [5.74, 6) is 0.834. The SMILES string of the molecule is CCC(c1nc2ccccc2c(=O)n1-c1cccc(C)c1)N(CC(C)C)C(=O)NC(C)(C)C. The van der Waals surface area contributed by atoms with Crippen molar-refractivity contribution in [1.82, 2.24) is 19.8 Å². The number of carbonyl (C=O) groups excluding carboxylic acids is 1. The zero-order chi connectivity index (χ0) is 24.3. The van der Waals surface area contributed by atoms with Crippen LogP contribution in [0.15, 0.2) is 53.3 Å². The number of aromatic nitrogens is 2. The Morgan fingerprint density at radius 3 is 2.42 bits per heavy atom. The molecule has 1 atom stereocenters. The molecule has 1 N–H and O–H groups in total. The van der Waals surface area contributed by atoms with E-state index in [1.165, 1.54) is 0 Å². The molecule has 0 spiro atoms. The molecule has 6 nitrogen and oxygen atoms in total. The zero-order valence-corrected chi connectivity index (χ0v) is 20.8. The number of aryl methyl sites for hydroxylation is 1. The van der Waals surface area contributed by atoms with Gasteiger partial charge in [0.2, 0.25) is 0 Å². The third-order valence-electron chi connectivity index (χ3n) is 5.43. The molecule has 1 aromatic heterocycles. The van der Waals surface area contributed by atoms with Crippen LogP contribution in [-0.2, 0) is 0 Å². The first-order valence-corrected chi connectivity index (χ1v) is 11.7. The normalized spacial score (nSPS) is 12.7. The van der Waals surface area contributed by atoms with Crippen molar-refractivity contribution in [2.75, 3.05) is 6.54 Å². The van der Waals surface area contributed by atoms with Crippen LogP contribution in [0.25, 0.3) is 16.6 Å². The predicted molar refractivity (Wildman–Crippen MR) is 135 cm³/mol. The average molecular weight is 449 g/mol. The Balaban J connectivity index is 2.28. The van der Waals surface area contributed by atoms with Gasteiger partial charge in [-0.1, -0.05) is 45.0 Å². The van der Waals surface area contributed by atoms with E-state index < -0.39 is 0 Å². The van der Waals surface area contributed by atoms with Crippen LogP contribution < -0.4 is 10.9 Å². The van der Waals surface area contributed by atoms with Gasteiger partial charge in [-0.15, -0.1) is 0 Å². The summed E-state index contributed by atoms with van der Waals surface area (Å²) in [6.45, 7) is 14.7. The number of carbonyl (C=O) groups is 1. The first kappa shape index (κ1) is 24.5. The van der Waals surface area contributed by atoms with Crippen LogP contribution in [-0.4, -0.2) is 32.6 Å². The number of para-hydroxylation sites is 1. The predicted octanol–water partition coefficient (Wildman–Crippen LogP) is 5.61. The monoisotopic (exact) mass is 448 g/mol. The summed E-state index contributed by atoms with van der Waals surface area (Å²) in [5.41, 5.74) is 1.95. The lowest BCUT2D eigenvalue weighted by molar-refractivity contribution is 0.151. The van der Waals surface area contributed by atoms with Gasteiger partial charge >= 0.3 is 6.03 Å². The smallest absolute Gasteiger partial charge is 0.318 e. The van der Waals surface area contributed by atoms with E-state index in [2.05, 4.69) is 19.2 Å². The lowest BCUT2D eigenvalue weighted by Crippen LogP contribution is -2.51. The maximum atomic E-state index is 13.7. The molecular weight excluding hydrogens is 412 g/mol. The van der Waals surface area contributed by atoms with E-state index >= 15 is 0 Å². The second kappa shape index (κ2) is 9.77. The number of nitrogens with zero attached hydrogens (tertiary/aromatic N) is 3. The van der Waals surface area contributed by atoms with Crippen molar-refractivity contribution in [1.29, 1.82) is 0 Å². The minimum Gasteiger partial charge on any atom is -0.333 e. The van der Waals surface area contributed by atoms with E-state index in [1.807, 2.05) is 82.0 Å². The number of fused-ring (bicyclic) bond motifs is 1. The van der Waals surface area contributed by atoms with Gasteiger partial charge in [-0.25, -0.2) is 9.78 Å². The van der Waals surface area contributed by atoms with Crippen molar-refractivity contribution < 1.29 is 4.79 Å². The van der Waals surface area contributed by atoms with Gasteiger partial charge in [0.15, 0.2) is 0 Å². The van der Waals surface area contributed by atoms with E-state index in [4.69, 9.17) is 4.98 Å². The minimum atomic E-state index is -0.377. The molecule has 0 saturated heterocycles. The molecule has 2 aromatic carbocycles. The highest BCUT2D eigenvalue weighted by atomic mass is 16.2. The summed E-state index contributed by atoms with van der Waals surface area (Å²) in [7, 11) is 0. The Morgan fingerprint density at radius 2 is 1.82 bits per heavy atom. The molecule has 3 aromatic rings. The van der Waals surface area contributed by atoms with Gasteiger partial charge in [0.1, 0.15) is 5.82 Å². The molecule has 33 heavy (non-hydrogen) atoms. The van der Waals surface area contributed by atoms with Gasteiger partial charge < -0.3 is 10.2 Å². The van der Waals surface area contributed by atoms with Crippen LogP contribution in [0.4, 0.5) is 4.79 Å². The Bertz CT molecular complexity index is 1190. The fourth-order valence-electron chi connectivity index (χ4n) is 4.07. The van der Waals surface area contributed by atoms with Gasteiger partial charge in [0.05, 0.1) is 22.6 Å². The number of rotatable bonds is 6. The number of hydrogen-bond donors (Lipinski definition) is 1.